The van der Waals surface area contributed by atoms with Gasteiger partial charge in [-0.15, -0.1) is 0 Å². The minimum Gasteiger partial charge on any atom is -0.0654 e. The van der Waals surface area contributed by atoms with Crippen LogP contribution in [0.25, 0.3) is 0 Å². The van der Waals surface area contributed by atoms with Crippen LogP contribution in [-0.4, -0.2) is 0 Å². The van der Waals surface area contributed by atoms with E-state index in [1.54, 1.807) is 0 Å². The fraction of sp³-hybridized carbons (Fsp3) is 1.00. The lowest BCUT2D eigenvalue weighted by molar-refractivity contribution is 0.417. The van der Waals surface area contributed by atoms with E-state index in [0.29, 0.717) is 0 Å². The second-order valence-electron chi connectivity index (χ2n) is 12.0. The summed E-state index contributed by atoms with van der Waals surface area (Å²) < 4.78 is 0. The molecule has 0 aliphatic rings. The molecule has 0 amide bonds. The summed E-state index contributed by atoms with van der Waals surface area (Å²) in [6.07, 6.45) is 39.8. The molecule has 1 unspecified atom stereocenters. The molecule has 0 heterocycles. The van der Waals surface area contributed by atoms with Crippen LogP contribution in [0.1, 0.15) is 201 Å². The van der Waals surface area contributed by atoms with Gasteiger partial charge < -0.3 is 0 Å². The second kappa shape index (κ2) is 28.2. The van der Waals surface area contributed by atoms with E-state index in [-0.39, 0.29) is 0 Å². The van der Waals surface area contributed by atoms with Crippen molar-refractivity contribution in [3.63, 3.8) is 0 Å². The van der Waals surface area contributed by atoms with Crippen molar-refractivity contribution in [2.24, 2.45) is 11.8 Å². The van der Waals surface area contributed by atoms with Gasteiger partial charge in [0.05, 0.1) is 0 Å². The van der Waals surface area contributed by atoms with Gasteiger partial charge in [-0.2, -0.15) is 0 Å². The zero-order valence-electron chi connectivity index (χ0n) is 24.2. The van der Waals surface area contributed by atoms with Crippen LogP contribution >= 0.6 is 0 Å². The van der Waals surface area contributed by atoms with Crippen LogP contribution in [0.15, 0.2) is 0 Å². The predicted molar refractivity (Wildman–Crippen MR) is 154 cm³/mol. The van der Waals surface area contributed by atoms with E-state index in [9.17, 15) is 0 Å². The van der Waals surface area contributed by atoms with E-state index in [4.69, 9.17) is 0 Å². The molecule has 0 aromatic rings. The molecular formula is C33H68. The molecule has 1 atom stereocenters. The topological polar surface area (TPSA) is 0 Å². The molecule has 0 bridgehead atoms. The SMILES string of the molecule is CCCCCCCCCCCCCCCCCCCCCCCCCC(C)CCCC(C)C. The van der Waals surface area contributed by atoms with Crippen molar-refractivity contribution in [2.45, 2.75) is 201 Å². The summed E-state index contributed by atoms with van der Waals surface area (Å²) >= 11 is 0. The zero-order chi connectivity index (χ0) is 24.2. The Hall–Kier alpha value is 0. The molecule has 200 valence electrons. The Bertz CT molecular complexity index is 331. The van der Waals surface area contributed by atoms with Crippen LogP contribution in [0.3, 0.4) is 0 Å². The molecule has 0 saturated carbocycles. The van der Waals surface area contributed by atoms with Crippen LogP contribution in [0.4, 0.5) is 0 Å². The highest BCUT2D eigenvalue weighted by Crippen LogP contribution is 2.19. The Kier molecular flexibility index (Phi) is 28.2. The van der Waals surface area contributed by atoms with Gasteiger partial charge in [0.1, 0.15) is 0 Å². The molecular weight excluding hydrogens is 396 g/mol. The molecule has 0 saturated heterocycles. The monoisotopic (exact) mass is 465 g/mol. The lowest BCUT2D eigenvalue weighted by Gasteiger charge is -2.12. The summed E-state index contributed by atoms with van der Waals surface area (Å²) in [5.41, 5.74) is 0. The van der Waals surface area contributed by atoms with E-state index in [1.165, 1.54) is 173 Å². The predicted octanol–water partition coefficient (Wildman–Crippen LogP) is 12.8. The van der Waals surface area contributed by atoms with Crippen molar-refractivity contribution in [1.29, 1.82) is 0 Å². The van der Waals surface area contributed by atoms with Gasteiger partial charge in [-0.3, -0.25) is 0 Å². The molecule has 0 N–H and O–H groups in total. The number of hydrogen-bond acceptors (Lipinski definition) is 0. The molecule has 0 fully saturated rings. The fourth-order valence-electron chi connectivity index (χ4n) is 5.30. The first-order valence-electron chi connectivity index (χ1n) is 16.2. The molecule has 0 aromatic carbocycles. The largest absolute Gasteiger partial charge is 0.0654 e. The summed E-state index contributed by atoms with van der Waals surface area (Å²) in [6, 6.07) is 0. The van der Waals surface area contributed by atoms with Crippen molar-refractivity contribution in [3.8, 4) is 0 Å². The molecule has 0 aromatic heterocycles. The van der Waals surface area contributed by atoms with Gasteiger partial charge in [0.25, 0.3) is 0 Å². The highest BCUT2D eigenvalue weighted by atomic mass is 14.1. The van der Waals surface area contributed by atoms with Gasteiger partial charge in [-0.1, -0.05) is 201 Å². The van der Waals surface area contributed by atoms with Crippen molar-refractivity contribution < 1.29 is 0 Å². The molecule has 0 radical (unpaired) electrons. The zero-order valence-corrected chi connectivity index (χ0v) is 24.2. The average Bonchev–Trinajstić information content (AvgIpc) is 2.79. The van der Waals surface area contributed by atoms with E-state index in [1.807, 2.05) is 0 Å². The van der Waals surface area contributed by atoms with Crippen molar-refractivity contribution in [2.75, 3.05) is 0 Å². The van der Waals surface area contributed by atoms with Gasteiger partial charge in [-0.25, -0.2) is 0 Å². The minimum atomic E-state index is 0.886. The maximum absolute atomic E-state index is 2.47. The molecule has 0 rings (SSSR count). The highest BCUT2D eigenvalue weighted by Gasteiger charge is 2.03. The first kappa shape index (κ1) is 33.0. The van der Waals surface area contributed by atoms with Gasteiger partial charge in [0, 0.05) is 0 Å². The Morgan fingerprint density at radius 1 is 0.303 bits per heavy atom. The van der Waals surface area contributed by atoms with Gasteiger partial charge in [0.2, 0.25) is 0 Å². The van der Waals surface area contributed by atoms with Crippen molar-refractivity contribution >= 4 is 0 Å². The normalized spacial score (nSPS) is 12.6. The molecule has 0 spiro atoms. The summed E-state index contributed by atoms with van der Waals surface area (Å²) in [5, 5.41) is 0. The average molecular weight is 465 g/mol. The van der Waals surface area contributed by atoms with Crippen LogP contribution in [0, 0.1) is 11.8 Å². The van der Waals surface area contributed by atoms with Crippen molar-refractivity contribution in [3.05, 3.63) is 0 Å². The fourth-order valence-corrected chi connectivity index (χ4v) is 5.30. The summed E-state index contributed by atoms with van der Waals surface area (Å²) in [5.74, 6) is 1.84. The summed E-state index contributed by atoms with van der Waals surface area (Å²) in [6.45, 7) is 9.48. The third-order valence-electron chi connectivity index (χ3n) is 7.78. The summed E-state index contributed by atoms with van der Waals surface area (Å²) in [4.78, 5) is 0. The van der Waals surface area contributed by atoms with Crippen LogP contribution in [-0.2, 0) is 0 Å². The van der Waals surface area contributed by atoms with Gasteiger partial charge >= 0.3 is 0 Å². The van der Waals surface area contributed by atoms with E-state index in [0.717, 1.165) is 11.8 Å². The second-order valence-corrected chi connectivity index (χ2v) is 12.0. The summed E-state index contributed by atoms with van der Waals surface area (Å²) in [7, 11) is 0. The quantitative estimate of drug-likeness (QED) is 0.101. The maximum Gasteiger partial charge on any atom is -0.0443 e. The minimum absolute atomic E-state index is 0.886. The van der Waals surface area contributed by atoms with E-state index in [2.05, 4.69) is 27.7 Å². The van der Waals surface area contributed by atoms with Crippen LogP contribution < -0.4 is 0 Å². The standard InChI is InChI=1S/C33H68/c1-5-6-7-8-9-10-11-12-13-14-15-16-17-18-19-20-21-22-23-24-25-26-27-30-33(4)31-28-29-32(2)3/h32-33H,5-31H2,1-4H3. The molecule has 0 aliphatic heterocycles. The maximum atomic E-state index is 2.47. The third-order valence-corrected chi connectivity index (χ3v) is 7.78. The van der Waals surface area contributed by atoms with Crippen LogP contribution in [0.2, 0.25) is 0 Å². The Morgan fingerprint density at radius 2 is 0.576 bits per heavy atom. The van der Waals surface area contributed by atoms with Crippen molar-refractivity contribution in [1.82, 2.24) is 0 Å². The van der Waals surface area contributed by atoms with Crippen LogP contribution in [0.5, 0.6) is 0 Å². The first-order valence-corrected chi connectivity index (χ1v) is 16.2. The molecule has 0 nitrogen and oxygen atoms in total. The first-order chi connectivity index (χ1) is 16.2. The third kappa shape index (κ3) is 30.0. The van der Waals surface area contributed by atoms with Gasteiger partial charge in [-0.05, 0) is 11.8 Å². The molecule has 0 heteroatoms. The Morgan fingerprint density at radius 3 is 0.879 bits per heavy atom. The van der Waals surface area contributed by atoms with E-state index < -0.39 is 0 Å². The van der Waals surface area contributed by atoms with E-state index >= 15 is 0 Å². The lowest BCUT2D eigenvalue weighted by atomic mass is 9.95. The number of hydrogen-bond donors (Lipinski definition) is 0. The highest BCUT2D eigenvalue weighted by molar-refractivity contribution is 4.57. The Balaban J connectivity index is 3.08. The lowest BCUT2D eigenvalue weighted by Crippen LogP contribution is -1.96. The smallest absolute Gasteiger partial charge is 0.0443 e. The Labute approximate surface area is 212 Å². The number of unbranched alkanes of at least 4 members (excludes halogenated alkanes) is 22. The molecule has 33 heavy (non-hydrogen) atoms. The number of rotatable bonds is 28. The molecule has 0 aliphatic carbocycles. The van der Waals surface area contributed by atoms with Gasteiger partial charge in [0.15, 0.2) is 0 Å².